The van der Waals surface area contributed by atoms with Gasteiger partial charge in [-0.3, -0.25) is 27.1 Å². The molecular formula is C21H41BO13P2. The molecule has 0 N–H and O–H groups in total. The Morgan fingerprint density at radius 1 is 0.703 bits per heavy atom. The van der Waals surface area contributed by atoms with Gasteiger partial charge in [-0.25, -0.2) is 9.13 Å². The summed E-state index contributed by atoms with van der Waals surface area (Å²) in [5.74, 6) is 0. The van der Waals surface area contributed by atoms with Crippen LogP contribution >= 0.6 is 15.6 Å². The van der Waals surface area contributed by atoms with E-state index in [0.717, 1.165) is 0 Å². The number of methoxy groups -OCH3 is 2. The molecule has 11 unspecified atom stereocenters. The van der Waals surface area contributed by atoms with Crippen molar-refractivity contribution >= 4 is 23.5 Å². The zero-order valence-corrected chi connectivity index (χ0v) is 24.4. The van der Waals surface area contributed by atoms with Gasteiger partial charge < -0.3 is 23.7 Å². The van der Waals surface area contributed by atoms with E-state index in [2.05, 4.69) is 0 Å². The zero-order chi connectivity index (χ0) is 27.2. The number of phosphoric ester groups is 2. The molecule has 216 valence electrons. The molecule has 0 radical (unpaired) electrons. The Bertz CT molecular complexity index is 806. The molecule has 0 aromatic heterocycles. The van der Waals surface area contributed by atoms with Crippen LogP contribution in [0.2, 0.25) is 0 Å². The van der Waals surface area contributed by atoms with Crippen molar-refractivity contribution in [3.05, 3.63) is 0 Å². The highest BCUT2D eigenvalue weighted by Gasteiger charge is 2.45. The van der Waals surface area contributed by atoms with E-state index in [0.29, 0.717) is 19.3 Å². The summed E-state index contributed by atoms with van der Waals surface area (Å²) < 4.78 is 87.4. The first-order chi connectivity index (χ1) is 17.5. The van der Waals surface area contributed by atoms with Gasteiger partial charge in [-0.2, -0.15) is 0 Å². The third-order valence-electron chi connectivity index (χ3n) is 6.56. The Labute approximate surface area is 220 Å². The number of rotatable bonds is 15. The van der Waals surface area contributed by atoms with Crippen LogP contribution in [0.1, 0.15) is 33.1 Å². The molecule has 16 heteroatoms. The molecule has 0 aliphatic carbocycles. The number of ether oxygens (including phenoxy) is 5. The SMILES string of the molecule is BC1CC(OP(=O)(OC)OCC2OC(C)CC2OC)C(COP(=O)(OC)OC2CC(C)OC2COC)O1. The lowest BCUT2D eigenvalue weighted by atomic mass is 9.96. The average molecular weight is 574 g/mol. The molecule has 3 saturated heterocycles. The summed E-state index contributed by atoms with van der Waals surface area (Å²) in [6, 6.07) is -0.237. The first kappa shape index (κ1) is 31.6. The number of hydrogen-bond acceptors (Lipinski definition) is 13. The van der Waals surface area contributed by atoms with Crippen molar-refractivity contribution in [1.82, 2.24) is 0 Å². The Kier molecular flexibility index (Phi) is 12.1. The summed E-state index contributed by atoms with van der Waals surface area (Å²) in [7, 11) is -0.484. The molecule has 0 saturated carbocycles. The molecule has 3 fully saturated rings. The maximum Gasteiger partial charge on any atom is 0.474 e. The summed E-state index contributed by atoms with van der Waals surface area (Å²) in [4.78, 5) is 0. The maximum absolute atomic E-state index is 13.2. The monoisotopic (exact) mass is 574 g/mol. The van der Waals surface area contributed by atoms with Gasteiger partial charge in [0.1, 0.15) is 32.3 Å². The van der Waals surface area contributed by atoms with Gasteiger partial charge in [-0.1, -0.05) is 0 Å². The van der Waals surface area contributed by atoms with Crippen LogP contribution in [0.15, 0.2) is 0 Å². The predicted molar refractivity (Wildman–Crippen MR) is 133 cm³/mol. The smallest absolute Gasteiger partial charge is 0.382 e. The minimum atomic E-state index is -3.97. The van der Waals surface area contributed by atoms with Crippen LogP contribution in [0.4, 0.5) is 0 Å². The van der Waals surface area contributed by atoms with Crippen molar-refractivity contribution in [2.24, 2.45) is 0 Å². The highest BCUT2D eigenvalue weighted by atomic mass is 31.2. The van der Waals surface area contributed by atoms with Crippen LogP contribution in [0.3, 0.4) is 0 Å². The molecule has 3 rings (SSSR count). The van der Waals surface area contributed by atoms with Crippen LogP contribution in [-0.2, 0) is 60.0 Å². The fourth-order valence-electron chi connectivity index (χ4n) is 4.75. The summed E-state index contributed by atoms with van der Waals surface area (Å²) in [5, 5.41) is 0. The minimum Gasteiger partial charge on any atom is -0.382 e. The second-order valence-electron chi connectivity index (χ2n) is 9.53. The molecule has 0 spiro atoms. The predicted octanol–water partition coefficient (Wildman–Crippen LogP) is 2.06. The maximum atomic E-state index is 13.2. The largest absolute Gasteiger partial charge is 0.474 e. The molecule has 0 aromatic rings. The number of hydrogen-bond donors (Lipinski definition) is 0. The van der Waals surface area contributed by atoms with Crippen molar-refractivity contribution in [3.8, 4) is 0 Å². The molecule has 3 aliphatic heterocycles. The van der Waals surface area contributed by atoms with E-state index in [-0.39, 0.29) is 44.1 Å². The van der Waals surface area contributed by atoms with Crippen LogP contribution < -0.4 is 0 Å². The zero-order valence-electron chi connectivity index (χ0n) is 22.6. The van der Waals surface area contributed by atoms with E-state index >= 15 is 0 Å². The summed E-state index contributed by atoms with van der Waals surface area (Å²) >= 11 is 0. The summed E-state index contributed by atoms with van der Waals surface area (Å²) in [5.41, 5.74) is 0. The number of phosphoric acid groups is 2. The standard InChI is InChI=1S/C21H41BO13P2/c1-13-7-15(26-4)19(32-13)11-29-37(24,28-6)35-17-9-21(22)33-20(17)12-30-36(23,27-5)34-16-8-14(2)31-18(16)10-25-3/h13-21H,7-12,22H2,1-6H3. The van der Waals surface area contributed by atoms with Gasteiger partial charge in [-0.15, -0.1) is 0 Å². The fraction of sp³-hybridized carbons (Fsp3) is 1.00. The molecule has 0 amide bonds. The van der Waals surface area contributed by atoms with Gasteiger partial charge >= 0.3 is 15.6 Å². The molecule has 37 heavy (non-hydrogen) atoms. The summed E-state index contributed by atoms with van der Waals surface area (Å²) in [6.45, 7) is 3.87. The molecule has 0 aromatic carbocycles. The van der Waals surface area contributed by atoms with Crippen molar-refractivity contribution in [2.75, 3.05) is 48.3 Å². The van der Waals surface area contributed by atoms with Gasteiger partial charge in [0.2, 0.25) is 0 Å². The Morgan fingerprint density at radius 3 is 1.65 bits per heavy atom. The highest BCUT2D eigenvalue weighted by Crippen LogP contribution is 2.54. The van der Waals surface area contributed by atoms with E-state index in [1.807, 2.05) is 21.7 Å². The Morgan fingerprint density at radius 2 is 1.16 bits per heavy atom. The molecule has 13 nitrogen and oxygen atoms in total. The lowest BCUT2D eigenvalue weighted by molar-refractivity contribution is -0.0462. The van der Waals surface area contributed by atoms with E-state index in [4.69, 9.17) is 50.8 Å². The lowest BCUT2D eigenvalue weighted by Crippen LogP contribution is -2.31. The van der Waals surface area contributed by atoms with Crippen molar-refractivity contribution in [1.29, 1.82) is 0 Å². The van der Waals surface area contributed by atoms with Crippen LogP contribution in [0, 0.1) is 0 Å². The topological polar surface area (TPSA) is 136 Å². The molecular weight excluding hydrogens is 533 g/mol. The van der Waals surface area contributed by atoms with Gasteiger partial charge in [0, 0.05) is 47.3 Å². The normalized spacial score (nSPS) is 39.6. The third-order valence-corrected chi connectivity index (χ3v) is 9.44. The third kappa shape index (κ3) is 8.78. The van der Waals surface area contributed by atoms with Gasteiger partial charge in [-0.05, 0) is 20.3 Å². The lowest BCUT2D eigenvalue weighted by Gasteiger charge is -2.27. The second kappa shape index (κ2) is 14.1. The molecule has 11 atom stereocenters. The van der Waals surface area contributed by atoms with Gasteiger partial charge in [0.15, 0.2) is 0 Å². The quantitative estimate of drug-likeness (QED) is 0.209. The van der Waals surface area contributed by atoms with E-state index in [9.17, 15) is 9.13 Å². The fourth-order valence-corrected chi connectivity index (χ4v) is 7.02. The van der Waals surface area contributed by atoms with Crippen molar-refractivity contribution in [3.63, 3.8) is 0 Å². The van der Waals surface area contributed by atoms with Crippen molar-refractivity contribution in [2.45, 2.75) is 87.9 Å². The Hall–Kier alpha value is 0.0849. The van der Waals surface area contributed by atoms with Gasteiger partial charge in [0.25, 0.3) is 0 Å². The molecule has 3 aliphatic rings. The van der Waals surface area contributed by atoms with E-state index in [1.165, 1.54) is 14.2 Å². The van der Waals surface area contributed by atoms with Crippen LogP contribution in [0.25, 0.3) is 0 Å². The minimum absolute atomic E-state index is 0.00510. The first-order valence-electron chi connectivity index (χ1n) is 12.5. The Balaban J connectivity index is 1.57. The molecule has 3 heterocycles. The average Bonchev–Trinajstić information content (AvgIpc) is 3.52. The van der Waals surface area contributed by atoms with Gasteiger partial charge in [0.05, 0.1) is 44.2 Å². The first-order valence-corrected chi connectivity index (χ1v) is 15.4. The highest BCUT2D eigenvalue weighted by molar-refractivity contribution is 7.48. The second-order valence-corrected chi connectivity index (χ2v) is 13.0. The molecule has 0 bridgehead atoms. The van der Waals surface area contributed by atoms with E-state index in [1.54, 1.807) is 14.2 Å². The van der Waals surface area contributed by atoms with Crippen LogP contribution in [-0.4, -0.2) is 111 Å². The van der Waals surface area contributed by atoms with Crippen LogP contribution in [0.5, 0.6) is 0 Å². The van der Waals surface area contributed by atoms with E-state index < -0.39 is 46.2 Å². The van der Waals surface area contributed by atoms with Crippen molar-refractivity contribution < 1.29 is 60.0 Å². The summed E-state index contributed by atoms with van der Waals surface area (Å²) in [6.07, 6.45) is -1.46.